The molecule has 28 heavy (non-hydrogen) atoms. The first-order chi connectivity index (χ1) is 13.5. The van der Waals surface area contributed by atoms with Crippen molar-refractivity contribution in [3.8, 4) is 10.6 Å². The Balaban J connectivity index is 1.49. The molecule has 7 nitrogen and oxygen atoms in total. The Morgan fingerprint density at radius 3 is 2.71 bits per heavy atom. The van der Waals surface area contributed by atoms with E-state index in [-0.39, 0.29) is 5.97 Å². The first kappa shape index (κ1) is 18.6. The molecule has 0 aliphatic rings. The van der Waals surface area contributed by atoms with E-state index < -0.39 is 0 Å². The van der Waals surface area contributed by atoms with Crippen LogP contribution in [0.5, 0.6) is 0 Å². The normalized spacial score (nSPS) is 11.1. The summed E-state index contributed by atoms with van der Waals surface area (Å²) in [7, 11) is 1.37. The van der Waals surface area contributed by atoms with Gasteiger partial charge < -0.3 is 4.74 Å². The Hall–Kier alpha value is -2.78. The minimum atomic E-state index is -0.344. The summed E-state index contributed by atoms with van der Waals surface area (Å²) in [6, 6.07) is 9.17. The molecule has 142 valence electrons. The monoisotopic (exact) mass is 411 g/mol. The van der Waals surface area contributed by atoms with E-state index in [1.165, 1.54) is 7.11 Å². The minimum Gasteiger partial charge on any atom is -0.465 e. The van der Waals surface area contributed by atoms with Crippen LogP contribution < -0.4 is 0 Å². The minimum absolute atomic E-state index is 0.344. The number of hydrogen-bond acceptors (Lipinski definition) is 8. The van der Waals surface area contributed by atoms with Gasteiger partial charge in [0.2, 0.25) is 0 Å². The fourth-order valence-electron chi connectivity index (χ4n) is 2.81. The summed E-state index contributed by atoms with van der Waals surface area (Å²) in [5, 5.41) is 12.3. The van der Waals surface area contributed by atoms with Crippen molar-refractivity contribution < 1.29 is 9.53 Å². The topological polar surface area (TPSA) is 82.3 Å². The molecule has 0 bridgehead atoms. The van der Waals surface area contributed by atoms with Crippen LogP contribution in [-0.2, 0) is 10.5 Å². The number of hydrogen-bond donors (Lipinski definition) is 0. The maximum Gasteiger partial charge on any atom is 0.337 e. The van der Waals surface area contributed by atoms with Gasteiger partial charge >= 0.3 is 5.97 Å². The molecule has 4 aromatic rings. The van der Waals surface area contributed by atoms with Crippen molar-refractivity contribution in [3.63, 3.8) is 0 Å². The third-order valence-electron chi connectivity index (χ3n) is 4.11. The summed E-state index contributed by atoms with van der Waals surface area (Å²) in [4.78, 5) is 20.7. The molecule has 3 heterocycles. The first-order valence-corrected chi connectivity index (χ1v) is 10.4. The number of rotatable bonds is 5. The zero-order valence-corrected chi connectivity index (χ0v) is 17.2. The second-order valence-corrected chi connectivity index (χ2v) is 7.92. The fraction of sp³-hybridized carbons (Fsp3) is 0.211. The van der Waals surface area contributed by atoms with Gasteiger partial charge in [-0.15, -0.1) is 21.5 Å². The first-order valence-electron chi connectivity index (χ1n) is 8.50. The molecule has 0 N–H and O–H groups in total. The molecule has 0 aliphatic heterocycles. The standard InChI is InChI=1S/C19H17N5O2S2/c1-11-8-16-22-23-19(24(16)12(2)20-11)28-10-15-9-27-17(21-15)13-4-6-14(7-5-13)18(25)26-3/h4-9H,10H2,1-3H3. The lowest BCUT2D eigenvalue weighted by Gasteiger charge is -2.03. The smallest absolute Gasteiger partial charge is 0.337 e. The zero-order chi connectivity index (χ0) is 19.7. The lowest BCUT2D eigenvalue weighted by molar-refractivity contribution is 0.0601. The van der Waals surface area contributed by atoms with Crippen LogP contribution in [0.25, 0.3) is 16.2 Å². The average molecular weight is 412 g/mol. The van der Waals surface area contributed by atoms with Crippen LogP contribution in [0.15, 0.2) is 40.9 Å². The molecule has 0 saturated heterocycles. The predicted molar refractivity (Wildman–Crippen MR) is 109 cm³/mol. The van der Waals surface area contributed by atoms with Crippen LogP contribution in [0, 0.1) is 13.8 Å². The van der Waals surface area contributed by atoms with Gasteiger partial charge in [-0.1, -0.05) is 23.9 Å². The number of fused-ring (bicyclic) bond motifs is 1. The Morgan fingerprint density at radius 1 is 1.18 bits per heavy atom. The maximum atomic E-state index is 11.5. The maximum absolute atomic E-state index is 11.5. The van der Waals surface area contributed by atoms with E-state index in [1.807, 2.05) is 41.8 Å². The molecule has 4 rings (SSSR count). The number of aryl methyl sites for hydroxylation is 2. The predicted octanol–water partition coefficient (Wildman–Crippen LogP) is 3.94. The summed E-state index contributed by atoms with van der Waals surface area (Å²) >= 11 is 3.15. The van der Waals surface area contributed by atoms with E-state index in [0.29, 0.717) is 11.3 Å². The molecule has 0 unspecified atom stereocenters. The Labute approximate surface area is 169 Å². The fourth-order valence-corrected chi connectivity index (χ4v) is 4.62. The Kier molecular flexibility index (Phi) is 5.10. The van der Waals surface area contributed by atoms with Crippen molar-refractivity contribution in [2.45, 2.75) is 24.8 Å². The molecule has 0 amide bonds. The van der Waals surface area contributed by atoms with E-state index in [2.05, 4.69) is 15.2 Å². The van der Waals surface area contributed by atoms with Crippen molar-refractivity contribution >= 4 is 34.7 Å². The summed E-state index contributed by atoms with van der Waals surface area (Å²) in [5.74, 6) is 1.21. The third-order valence-corrected chi connectivity index (χ3v) is 6.01. The van der Waals surface area contributed by atoms with E-state index in [4.69, 9.17) is 9.72 Å². The van der Waals surface area contributed by atoms with E-state index in [9.17, 15) is 4.79 Å². The van der Waals surface area contributed by atoms with Gasteiger partial charge in [-0.3, -0.25) is 4.40 Å². The van der Waals surface area contributed by atoms with Gasteiger partial charge in [-0.2, -0.15) is 0 Å². The van der Waals surface area contributed by atoms with Crippen LogP contribution in [0.1, 0.15) is 27.6 Å². The summed E-state index contributed by atoms with van der Waals surface area (Å²) < 4.78 is 6.68. The number of nitrogens with zero attached hydrogens (tertiary/aromatic N) is 5. The second kappa shape index (κ2) is 7.69. The van der Waals surface area contributed by atoms with E-state index >= 15 is 0 Å². The number of methoxy groups -OCH3 is 1. The van der Waals surface area contributed by atoms with Gasteiger partial charge in [-0.25, -0.2) is 14.8 Å². The number of thioether (sulfide) groups is 1. The second-order valence-electron chi connectivity index (χ2n) is 6.12. The highest BCUT2D eigenvalue weighted by Crippen LogP contribution is 2.28. The lowest BCUT2D eigenvalue weighted by Crippen LogP contribution is -2.00. The molecule has 0 saturated carbocycles. The highest BCUT2D eigenvalue weighted by atomic mass is 32.2. The quantitative estimate of drug-likeness (QED) is 0.363. The third kappa shape index (κ3) is 3.63. The molecule has 0 aliphatic carbocycles. The molecule has 0 atom stereocenters. The number of aromatic nitrogens is 5. The number of esters is 1. The molecular formula is C19H17N5O2S2. The van der Waals surface area contributed by atoms with Crippen LogP contribution in [0.3, 0.4) is 0 Å². The van der Waals surface area contributed by atoms with Crippen LogP contribution in [-0.4, -0.2) is 37.6 Å². The Morgan fingerprint density at radius 2 is 1.96 bits per heavy atom. The van der Waals surface area contributed by atoms with Crippen LogP contribution >= 0.6 is 23.1 Å². The van der Waals surface area contributed by atoms with Crippen molar-refractivity contribution in [2.24, 2.45) is 0 Å². The van der Waals surface area contributed by atoms with Gasteiger partial charge in [0.05, 0.1) is 18.4 Å². The largest absolute Gasteiger partial charge is 0.465 e. The summed E-state index contributed by atoms with van der Waals surface area (Å²) in [5.41, 5.74) is 4.19. The molecule has 9 heteroatoms. The zero-order valence-electron chi connectivity index (χ0n) is 15.5. The number of ether oxygens (including phenoxy) is 1. The number of thiazole rings is 1. The van der Waals surface area contributed by atoms with Crippen LogP contribution in [0.4, 0.5) is 0 Å². The molecule has 0 fully saturated rings. The summed E-state index contributed by atoms with van der Waals surface area (Å²) in [6.07, 6.45) is 0. The van der Waals surface area contributed by atoms with Gasteiger partial charge in [0, 0.05) is 28.5 Å². The molecule has 3 aromatic heterocycles. The highest BCUT2D eigenvalue weighted by Gasteiger charge is 2.12. The van der Waals surface area contributed by atoms with E-state index in [1.54, 1.807) is 35.2 Å². The van der Waals surface area contributed by atoms with Crippen molar-refractivity contribution in [3.05, 3.63) is 58.5 Å². The van der Waals surface area contributed by atoms with Gasteiger partial charge in [0.1, 0.15) is 10.8 Å². The van der Waals surface area contributed by atoms with Crippen LogP contribution in [0.2, 0.25) is 0 Å². The summed E-state index contributed by atoms with van der Waals surface area (Å²) in [6.45, 7) is 3.90. The highest BCUT2D eigenvalue weighted by molar-refractivity contribution is 7.98. The SMILES string of the molecule is COC(=O)c1ccc(-c2nc(CSc3nnc4cc(C)nc(C)n34)cs2)cc1. The number of carbonyl (C=O) groups is 1. The molecule has 0 radical (unpaired) electrons. The van der Waals surface area contributed by atoms with Gasteiger partial charge in [0.25, 0.3) is 0 Å². The van der Waals surface area contributed by atoms with Crippen molar-refractivity contribution in [1.82, 2.24) is 24.6 Å². The number of benzene rings is 1. The molecule has 1 aromatic carbocycles. The van der Waals surface area contributed by atoms with E-state index in [0.717, 1.165) is 38.6 Å². The average Bonchev–Trinajstić information content (AvgIpc) is 3.33. The molecular weight excluding hydrogens is 394 g/mol. The number of carbonyl (C=O) groups excluding carboxylic acids is 1. The Bertz CT molecular complexity index is 1150. The lowest BCUT2D eigenvalue weighted by atomic mass is 10.1. The van der Waals surface area contributed by atoms with Crippen molar-refractivity contribution in [1.29, 1.82) is 0 Å². The van der Waals surface area contributed by atoms with Gasteiger partial charge in [0.15, 0.2) is 10.8 Å². The molecule has 0 spiro atoms. The van der Waals surface area contributed by atoms with Gasteiger partial charge in [-0.05, 0) is 26.0 Å². The van der Waals surface area contributed by atoms with Crippen molar-refractivity contribution in [2.75, 3.05) is 7.11 Å².